The predicted molar refractivity (Wildman–Crippen MR) is 128 cm³/mol. The molecule has 0 saturated carbocycles. The summed E-state index contributed by atoms with van der Waals surface area (Å²) in [6, 6.07) is 4.17. The van der Waals surface area contributed by atoms with Gasteiger partial charge < -0.3 is 15.2 Å². The summed E-state index contributed by atoms with van der Waals surface area (Å²) in [6.07, 6.45) is 17.0. The van der Waals surface area contributed by atoms with Crippen LogP contribution in [0.4, 0.5) is 10.1 Å². The maximum Gasteiger partial charge on any atom is 0.344 e. The Kier molecular flexibility index (Phi) is 15.2. The number of ether oxygens (including phenoxy) is 1. The third-order valence-electron chi connectivity index (χ3n) is 5.68. The minimum Gasteiger partial charge on any atom is -0.479 e. The van der Waals surface area contributed by atoms with Crippen molar-refractivity contribution in [2.75, 3.05) is 11.9 Å². The van der Waals surface area contributed by atoms with Crippen LogP contribution >= 0.6 is 0 Å². The Bertz CT molecular complexity index is 665. The summed E-state index contributed by atoms with van der Waals surface area (Å²) >= 11 is 0. The van der Waals surface area contributed by atoms with Gasteiger partial charge in [0.25, 0.3) is 0 Å². The van der Waals surface area contributed by atoms with E-state index in [4.69, 9.17) is 9.84 Å². The number of carboxylic acid groups (broad SMARTS) is 1. The molecule has 0 heterocycles. The minimum absolute atomic E-state index is 0.264. The third-order valence-corrected chi connectivity index (χ3v) is 5.68. The fourth-order valence-corrected chi connectivity index (χ4v) is 3.62. The molecule has 0 radical (unpaired) electrons. The van der Waals surface area contributed by atoms with Crippen molar-refractivity contribution < 1.29 is 23.8 Å². The summed E-state index contributed by atoms with van der Waals surface area (Å²) in [7, 11) is 0. The molecule has 0 aliphatic rings. The number of carbonyl (C=O) groups is 2. The van der Waals surface area contributed by atoms with Crippen LogP contribution in [-0.2, 0) is 9.53 Å². The van der Waals surface area contributed by atoms with E-state index >= 15 is 0 Å². The van der Waals surface area contributed by atoms with Crippen LogP contribution in [0.15, 0.2) is 18.2 Å². The van der Waals surface area contributed by atoms with E-state index < -0.39 is 23.9 Å². The highest BCUT2D eigenvalue weighted by Gasteiger charge is 2.20. The van der Waals surface area contributed by atoms with Crippen molar-refractivity contribution in [1.29, 1.82) is 0 Å². The highest BCUT2D eigenvalue weighted by atomic mass is 19.1. The van der Waals surface area contributed by atoms with Gasteiger partial charge in [-0.1, -0.05) is 90.4 Å². The standard InChI is InChI=1S/C26H42FNO4/c1-3-4-5-6-7-8-9-10-11-12-13-14-15-16-19-28-22-17-18-23(24(27)20-22)26(31)32-21(2)25(29)30/h17-18,20-21,28H,3-16,19H2,1-2H3,(H,29,30). The summed E-state index contributed by atoms with van der Waals surface area (Å²) in [5.74, 6) is -2.97. The lowest BCUT2D eigenvalue weighted by molar-refractivity contribution is -0.146. The number of unbranched alkanes of at least 4 members (excludes halogenated alkanes) is 13. The largest absolute Gasteiger partial charge is 0.479 e. The van der Waals surface area contributed by atoms with Crippen LogP contribution in [0.5, 0.6) is 0 Å². The van der Waals surface area contributed by atoms with E-state index in [1.807, 2.05) is 0 Å². The van der Waals surface area contributed by atoms with Crippen molar-refractivity contribution in [2.45, 2.75) is 110 Å². The summed E-state index contributed by atoms with van der Waals surface area (Å²) in [5.41, 5.74) is 0.333. The van der Waals surface area contributed by atoms with Crippen molar-refractivity contribution in [3.05, 3.63) is 29.6 Å². The van der Waals surface area contributed by atoms with Crippen molar-refractivity contribution in [2.24, 2.45) is 0 Å². The Morgan fingerprint density at radius 3 is 1.88 bits per heavy atom. The molecule has 32 heavy (non-hydrogen) atoms. The van der Waals surface area contributed by atoms with Crippen LogP contribution in [0, 0.1) is 5.82 Å². The van der Waals surface area contributed by atoms with Gasteiger partial charge in [-0.15, -0.1) is 0 Å². The Morgan fingerprint density at radius 1 is 0.906 bits per heavy atom. The molecule has 0 aliphatic heterocycles. The molecule has 1 rings (SSSR count). The van der Waals surface area contributed by atoms with Gasteiger partial charge in [-0.25, -0.2) is 14.0 Å². The zero-order chi connectivity index (χ0) is 23.6. The number of hydrogen-bond donors (Lipinski definition) is 2. The average molecular weight is 452 g/mol. The van der Waals surface area contributed by atoms with Gasteiger partial charge in [0.1, 0.15) is 5.82 Å². The van der Waals surface area contributed by atoms with E-state index in [9.17, 15) is 14.0 Å². The molecule has 2 N–H and O–H groups in total. The first kappa shape index (κ1) is 27.9. The zero-order valence-corrected chi connectivity index (χ0v) is 20.0. The molecular weight excluding hydrogens is 409 g/mol. The molecule has 0 saturated heterocycles. The molecule has 1 aromatic carbocycles. The fourth-order valence-electron chi connectivity index (χ4n) is 3.62. The first-order valence-electron chi connectivity index (χ1n) is 12.4. The Hall–Kier alpha value is -2.11. The normalized spacial score (nSPS) is 11.8. The van der Waals surface area contributed by atoms with Crippen molar-refractivity contribution in [3.63, 3.8) is 0 Å². The maximum atomic E-state index is 14.2. The molecule has 1 atom stereocenters. The molecule has 1 aromatic rings. The van der Waals surface area contributed by atoms with Crippen LogP contribution in [0.25, 0.3) is 0 Å². The van der Waals surface area contributed by atoms with Crippen molar-refractivity contribution in [1.82, 2.24) is 0 Å². The van der Waals surface area contributed by atoms with Crippen LogP contribution in [0.1, 0.15) is 114 Å². The number of aliphatic carboxylic acids is 1. The third kappa shape index (κ3) is 12.7. The number of benzene rings is 1. The minimum atomic E-state index is -1.32. The SMILES string of the molecule is CCCCCCCCCCCCCCCCNc1ccc(C(=O)OC(C)C(=O)O)c(F)c1. The van der Waals surface area contributed by atoms with Gasteiger partial charge >= 0.3 is 11.9 Å². The molecule has 182 valence electrons. The van der Waals surface area contributed by atoms with Gasteiger partial charge in [0.05, 0.1) is 5.56 Å². The lowest BCUT2D eigenvalue weighted by Crippen LogP contribution is -2.24. The second kappa shape index (κ2) is 17.4. The fraction of sp³-hybridized carbons (Fsp3) is 0.692. The Labute approximate surface area is 193 Å². The van der Waals surface area contributed by atoms with Gasteiger partial charge in [0.2, 0.25) is 0 Å². The number of hydrogen-bond acceptors (Lipinski definition) is 4. The number of carbonyl (C=O) groups excluding carboxylic acids is 1. The molecule has 1 unspecified atom stereocenters. The van der Waals surface area contributed by atoms with Crippen LogP contribution < -0.4 is 5.32 Å². The summed E-state index contributed by atoms with van der Waals surface area (Å²) < 4.78 is 18.9. The van der Waals surface area contributed by atoms with Gasteiger partial charge in [-0.05, 0) is 31.5 Å². The molecule has 5 nitrogen and oxygen atoms in total. The second-order valence-corrected chi connectivity index (χ2v) is 8.60. The topological polar surface area (TPSA) is 75.6 Å². The van der Waals surface area contributed by atoms with E-state index in [1.54, 1.807) is 6.07 Å². The number of nitrogens with one attached hydrogen (secondary N) is 1. The molecule has 0 aliphatic carbocycles. The number of carboxylic acids is 1. The van der Waals surface area contributed by atoms with Gasteiger partial charge in [-0.3, -0.25) is 0 Å². The molecule has 0 spiro atoms. The lowest BCUT2D eigenvalue weighted by Gasteiger charge is -2.11. The predicted octanol–water partition coefficient (Wildman–Crippen LogP) is 7.35. The van der Waals surface area contributed by atoms with Crippen LogP contribution in [0.2, 0.25) is 0 Å². The van der Waals surface area contributed by atoms with Crippen LogP contribution in [-0.4, -0.2) is 29.7 Å². The van der Waals surface area contributed by atoms with Gasteiger partial charge in [0, 0.05) is 12.2 Å². The summed E-state index contributed by atoms with van der Waals surface area (Å²) in [6.45, 7) is 4.23. The monoisotopic (exact) mass is 451 g/mol. The molecular formula is C26H42FNO4. The van der Waals surface area contributed by atoms with Gasteiger partial charge in [0.15, 0.2) is 6.10 Å². The van der Waals surface area contributed by atoms with E-state index in [-0.39, 0.29) is 5.56 Å². The zero-order valence-electron chi connectivity index (χ0n) is 20.0. The number of rotatable bonds is 19. The number of halogens is 1. The van der Waals surface area contributed by atoms with E-state index in [0.29, 0.717) is 5.69 Å². The highest BCUT2D eigenvalue weighted by molar-refractivity contribution is 5.91. The Balaban J connectivity index is 2.06. The van der Waals surface area contributed by atoms with Crippen molar-refractivity contribution >= 4 is 17.6 Å². The first-order chi connectivity index (χ1) is 15.5. The maximum absolute atomic E-state index is 14.2. The number of esters is 1. The van der Waals surface area contributed by atoms with E-state index in [1.165, 1.54) is 96.1 Å². The van der Waals surface area contributed by atoms with E-state index in [2.05, 4.69) is 12.2 Å². The summed E-state index contributed by atoms with van der Waals surface area (Å²) in [5, 5.41) is 11.9. The number of anilines is 1. The van der Waals surface area contributed by atoms with E-state index in [0.717, 1.165) is 19.4 Å². The van der Waals surface area contributed by atoms with Gasteiger partial charge in [-0.2, -0.15) is 0 Å². The highest BCUT2D eigenvalue weighted by Crippen LogP contribution is 2.17. The Morgan fingerprint density at radius 2 is 1.41 bits per heavy atom. The summed E-state index contributed by atoms with van der Waals surface area (Å²) in [4.78, 5) is 22.6. The molecule has 0 aromatic heterocycles. The van der Waals surface area contributed by atoms with Crippen LogP contribution in [0.3, 0.4) is 0 Å². The smallest absolute Gasteiger partial charge is 0.344 e. The second-order valence-electron chi connectivity index (χ2n) is 8.60. The molecule has 0 amide bonds. The molecule has 0 fully saturated rings. The quantitative estimate of drug-likeness (QED) is 0.170. The average Bonchev–Trinajstić information content (AvgIpc) is 2.76. The molecule has 6 heteroatoms. The van der Waals surface area contributed by atoms with Crippen molar-refractivity contribution in [3.8, 4) is 0 Å². The molecule has 0 bridgehead atoms. The lowest BCUT2D eigenvalue weighted by atomic mass is 10.0. The first-order valence-corrected chi connectivity index (χ1v) is 12.4.